The molecule has 0 spiro atoms. The van der Waals surface area contributed by atoms with Crippen molar-refractivity contribution in [1.82, 2.24) is 15.3 Å². The van der Waals surface area contributed by atoms with E-state index in [0.717, 1.165) is 17.7 Å². The third-order valence-corrected chi connectivity index (χ3v) is 3.70. The van der Waals surface area contributed by atoms with Crippen LogP contribution >= 0.6 is 0 Å². The maximum atomic E-state index is 12.6. The van der Waals surface area contributed by atoms with E-state index in [-0.39, 0.29) is 11.6 Å². The number of benzene rings is 1. The molecule has 0 bridgehead atoms. The molecule has 0 aliphatic heterocycles. The Kier molecular flexibility index (Phi) is 5.35. The lowest BCUT2D eigenvalue weighted by atomic mass is 10.2. The first-order valence-electron chi connectivity index (χ1n) is 7.99. The van der Waals surface area contributed by atoms with Crippen molar-refractivity contribution in [2.45, 2.75) is 12.7 Å². The second-order valence-electron chi connectivity index (χ2n) is 5.67. The van der Waals surface area contributed by atoms with E-state index in [4.69, 9.17) is 0 Å². The molecule has 8 heteroatoms. The van der Waals surface area contributed by atoms with Crippen LogP contribution in [0.3, 0.4) is 0 Å². The van der Waals surface area contributed by atoms with E-state index in [2.05, 4.69) is 20.6 Å². The number of carbonyl (C=O) groups is 1. The molecule has 0 aliphatic carbocycles. The number of nitrogens with one attached hydrogen (secondary N) is 2. The number of nitrogens with zero attached hydrogens (tertiary/aromatic N) is 2. The highest BCUT2D eigenvalue weighted by molar-refractivity contribution is 5.92. The molecule has 5 nitrogen and oxygen atoms in total. The van der Waals surface area contributed by atoms with Crippen LogP contribution in [0.4, 0.5) is 24.5 Å². The molecule has 2 N–H and O–H groups in total. The van der Waals surface area contributed by atoms with Crippen molar-refractivity contribution >= 4 is 17.3 Å². The van der Waals surface area contributed by atoms with Gasteiger partial charge in [-0.25, -0.2) is 4.98 Å². The average Bonchev–Trinajstić information content (AvgIpc) is 2.67. The predicted octanol–water partition coefficient (Wildman–Crippen LogP) is 4.17. The minimum Gasteiger partial charge on any atom is -0.354 e. The number of rotatable bonds is 5. The number of pyridine rings is 2. The van der Waals surface area contributed by atoms with Gasteiger partial charge >= 0.3 is 6.18 Å². The SMILES string of the molecule is O=C(NCc1ccncc1)c1ccc(Nc2ccc(C(F)(F)F)cc2)cn1. The van der Waals surface area contributed by atoms with Crippen LogP contribution in [0.15, 0.2) is 67.1 Å². The van der Waals surface area contributed by atoms with Gasteiger partial charge in [-0.05, 0) is 54.1 Å². The zero-order chi connectivity index (χ0) is 19.3. The highest BCUT2D eigenvalue weighted by Crippen LogP contribution is 2.30. The fourth-order valence-electron chi connectivity index (χ4n) is 2.28. The first-order valence-corrected chi connectivity index (χ1v) is 7.99. The molecule has 0 saturated heterocycles. The highest BCUT2D eigenvalue weighted by Gasteiger charge is 2.29. The van der Waals surface area contributed by atoms with Crippen molar-refractivity contribution in [3.8, 4) is 0 Å². The Bertz CT molecular complexity index is 895. The van der Waals surface area contributed by atoms with Gasteiger partial charge in [0.25, 0.3) is 5.91 Å². The molecule has 0 atom stereocenters. The quantitative estimate of drug-likeness (QED) is 0.706. The van der Waals surface area contributed by atoms with Crippen molar-refractivity contribution in [2.24, 2.45) is 0 Å². The number of anilines is 2. The molecule has 1 amide bonds. The van der Waals surface area contributed by atoms with Gasteiger partial charge in [-0.15, -0.1) is 0 Å². The summed E-state index contributed by atoms with van der Waals surface area (Å²) in [5.41, 5.74) is 1.48. The Morgan fingerprint density at radius 3 is 2.19 bits per heavy atom. The monoisotopic (exact) mass is 372 g/mol. The lowest BCUT2D eigenvalue weighted by Gasteiger charge is -2.10. The molecular weight excluding hydrogens is 357 g/mol. The molecule has 27 heavy (non-hydrogen) atoms. The van der Waals surface area contributed by atoms with E-state index in [1.165, 1.54) is 24.4 Å². The molecule has 0 saturated carbocycles. The lowest BCUT2D eigenvalue weighted by molar-refractivity contribution is -0.137. The standard InChI is InChI=1S/C19H15F3N4O/c20-19(21,22)14-1-3-15(4-2-14)26-16-5-6-17(24-12-16)18(27)25-11-13-7-9-23-10-8-13/h1-10,12,26H,11H2,(H,25,27). The Hall–Kier alpha value is -3.42. The van der Waals surface area contributed by atoms with Gasteiger partial charge in [0.1, 0.15) is 5.69 Å². The Balaban J connectivity index is 1.59. The molecular formula is C19H15F3N4O. The molecule has 3 rings (SSSR count). The van der Waals surface area contributed by atoms with Gasteiger partial charge in [0.2, 0.25) is 0 Å². The molecule has 1 aromatic carbocycles. The van der Waals surface area contributed by atoms with E-state index in [9.17, 15) is 18.0 Å². The topological polar surface area (TPSA) is 66.9 Å². The second kappa shape index (κ2) is 7.86. The number of alkyl halides is 3. The van der Waals surface area contributed by atoms with Crippen molar-refractivity contribution in [3.05, 3.63) is 83.9 Å². The first kappa shape index (κ1) is 18.4. The predicted molar refractivity (Wildman–Crippen MR) is 94.4 cm³/mol. The summed E-state index contributed by atoms with van der Waals surface area (Å²) in [5, 5.41) is 5.69. The van der Waals surface area contributed by atoms with Crippen LogP contribution < -0.4 is 10.6 Å². The fraction of sp³-hybridized carbons (Fsp3) is 0.105. The van der Waals surface area contributed by atoms with Crippen LogP contribution in [-0.4, -0.2) is 15.9 Å². The second-order valence-corrected chi connectivity index (χ2v) is 5.67. The summed E-state index contributed by atoms with van der Waals surface area (Å²) < 4.78 is 37.7. The van der Waals surface area contributed by atoms with Crippen LogP contribution in [0.1, 0.15) is 21.6 Å². The third kappa shape index (κ3) is 5.04. The van der Waals surface area contributed by atoms with Crippen molar-refractivity contribution in [3.63, 3.8) is 0 Å². The first-order chi connectivity index (χ1) is 12.9. The summed E-state index contributed by atoms with van der Waals surface area (Å²) in [5.74, 6) is -0.326. The lowest BCUT2D eigenvalue weighted by Crippen LogP contribution is -2.23. The van der Waals surface area contributed by atoms with Crippen molar-refractivity contribution in [2.75, 3.05) is 5.32 Å². The van der Waals surface area contributed by atoms with Crippen LogP contribution in [0.2, 0.25) is 0 Å². The maximum absolute atomic E-state index is 12.6. The number of halogens is 3. The van der Waals surface area contributed by atoms with E-state index in [1.807, 2.05) is 0 Å². The van der Waals surface area contributed by atoms with E-state index >= 15 is 0 Å². The average molecular weight is 372 g/mol. The normalized spacial score (nSPS) is 11.1. The third-order valence-electron chi connectivity index (χ3n) is 3.70. The van der Waals surface area contributed by atoms with Gasteiger partial charge in [-0.2, -0.15) is 13.2 Å². The summed E-state index contributed by atoms with van der Waals surface area (Å²) in [6.45, 7) is 0.356. The molecule has 0 aliphatic rings. The summed E-state index contributed by atoms with van der Waals surface area (Å²) in [4.78, 5) is 20.1. The van der Waals surface area contributed by atoms with Crippen LogP contribution in [0.25, 0.3) is 0 Å². The summed E-state index contributed by atoms with van der Waals surface area (Å²) in [7, 11) is 0. The number of hydrogen-bond acceptors (Lipinski definition) is 4. The summed E-state index contributed by atoms with van der Waals surface area (Å²) >= 11 is 0. The van der Waals surface area contributed by atoms with Gasteiger partial charge in [0, 0.05) is 24.6 Å². The summed E-state index contributed by atoms with van der Waals surface area (Å²) in [6.07, 6.45) is 0.354. The highest BCUT2D eigenvalue weighted by atomic mass is 19.4. The zero-order valence-corrected chi connectivity index (χ0v) is 14.0. The van der Waals surface area contributed by atoms with Crippen LogP contribution in [0.5, 0.6) is 0 Å². The van der Waals surface area contributed by atoms with Gasteiger partial charge in [-0.1, -0.05) is 0 Å². The molecule has 0 radical (unpaired) electrons. The molecule has 0 fully saturated rings. The molecule has 0 unspecified atom stereocenters. The Morgan fingerprint density at radius 2 is 1.59 bits per heavy atom. The Morgan fingerprint density at radius 1 is 0.926 bits per heavy atom. The van der Waals surface area contributed by atoms with Gasteiger partial charge in [-0.3, -0.25) is 9.78 Å². The van der Waals surface area contributed by atoms with Gasteiger partial charge in [0.05, 0.1) is 17.4 Å². The number of aromatic nitrogens is 2. The molecule has 3 aromatic rings. The maximum Gasteiger partial charge on any atom is 0.416 e. The molecule has 2 aromatic heterocycles. The summed E-state index contributed by atoms with van der Waals surface area (Å²) in [6, 6.07) is 11.4. The number of hydrogen-bond donors (Lipinski definition) is 2. The smallest absolute Gasteiger partial charge is 0.354 e. The van der Waals surface area contributed by atoms with Gasteiger partial charge < -0.3 is 10.6 Å². The van der Waals surface area contributed by atoms with Crippen LogP contribution in [-0.2, 0) is 12.7 Å². The number of amides is 1. The van der Waals surface area contributed by atoms with E-state index in [0.29, 0.717) is 17.9 Å². The van der Waals surface area contributed by atoms with E-state index < -0.39 is 11.7 Å². The van der Waals surface area contributed by atoms with Crippen LogP contribution in [0, 0.1) is 0 Å². The minimum atomic E-state index is -4.37. The van der Waals surface area contributed by atoms with Crippen molar-refractivity contribution < 1.29 is 18.0 Å². The largest absolute Gasteiger partial charge is 0.416 e. The zero-order valence-electron chi connectivity index (χ0n) is 14.0. The number of carbonyl (C=O) groups excluding carboxylic acids is 1. The van der Waals surface area contributed by atoms with Gasteiger partial charge in [0.15, 0.2) is 0 Å². The van der Waals surface area contributed by atoms with E-state index in [1.54, 1.807) is 30.6 Å². The minimum absolute atomic E-state index is 0.238. The molecule has 2 heterocycles. The van der Waals surface area contributed by atoms with Crippen molar-refractivity contribution in [1.29, 1.82) is 0 Å². The fourth-order valence-corrected chi connectivity index (χ4v) is 2.28. The Labute approximate surface area is 153 Å². The molecule has 138 valence electrons.